The lowest BCUT2D eigenvalue weighted by Gasteiger charge is -2.22. The van der Waals surface area contributed by atoms with Crippen LogP contribution in [-0.2, 0) is 11.3 Å². The van der Waals surface area contributed by atoms with Crippen LogP contribution in [0.5, 0.6) is 0 Å². The molecule has 0 unspecified atom stereocenters. The molecule has 29 heavy (non-hydrogen) atoms. The zero-order valence-electron chi connectivity index (χ0n) is 17.9. The van der Waals surface area contributed by atoms with Gasteiger partial charge in [0.1, 0.15) is 0 Å². The molecule has 1 saturated heterocycles. The summed E-state index contributed by atoms with van der Waals surface area (Å²) in [5.74, 6) is 0.614. The highest BCUT2D eigenvalue weighted by Gasteiger charge is 2.25. The van der Waals surface area contributed by atoms with E-state index >= 15 is 0 Å². The van der Waals surface area contributed by atoms with Crippen molar-refractivity contribution in [2.24, 2.45) is 5.92 Å². The third kappa shape index (κ3) is 6.31. The number of aryl methyl sites for hydroxylation is 1. The van der Waals surface area contributed by atoms with Gasteiger partial charge in [0.15, 0.2) is 0 Å². The van der Waals surface area contributed by atoms with Crippen molar-refractivity contribution in [3.8, 4) is 0 Å². The number of amides is 1. The second-order valence-electron chi connectivity index (χ2n) is 8.05. The van der Waals surface area contributed by atoms with Gasteiger partial charge < -0.3 is 19.9 Å². The Morgan fingerprint density at radius 3 is 2.79 bits per heavy atom. The highest BCUT2D eigenvalue weighted by Crippen LogP contribution is 2.19. The van der Waals surface area contributed by atoms with Crippen LogP contribution >= 0.6 is 0 Å². The lowest BCUT2D eigenvalue weighted by atomic mass is 10.1. The normalized spacial score (nSPS) is 16.7. The number of anilines is 1. The van der Waals surface area contributed by atoms with Gasteiger partial charge >= 0.3 is 0 Å². The van der Waals surface area contributed by atoms with Crippen molar-refractivity contribution in [3.05, 3.63) is 65.2 Å². The maximum absolute atomic E-state index is 12.9. The first-order valence-corrected chi connectivity index (χ1v) is 10.4. The molecule has 5 nitrogen and oxygen atoms in total. The second kappa shape index (κ2) is 10.4. The molecule has 0 saturated carbocycles. The average Bonchev–Trinajstić information content (AvgIpc) is 3.18. The molecular formula is C24H33N3O2. The highest BCUT2D eigenvalue weighted by molar-refractivity contribution is 5.95. The van der Waals surface area contributed by atoms with Crippen LogP contribution in [-0.4, -0.2) is 62.7 Å². The molecule has 156 valence electrons. The Kier molecular flexibility index (Phi) is 7.67. The number of hydrogen-bond donors (Lipinski definition) is 1. The number of nitrogens with zero attached hydrogens (tertiary/aromatic N) is 2. The predicted molar refractivity (Wildman–Crippen MR) is 118 cm³/mol. The predicted octanol–water partition coefficient (Wildman–Crippen LogP) is 3.65. The van der Waals surface area contributed by atoms with Crippen molar-refractivity contribution in [1.82, 2.24) is 9.80 Å². The largest absolute Gasteiger partial charge is 0.383 e. The second-order valence-corrected chi connectivity index (χ2v) is 8.05. The summed E-state index contributed by atoms with van der Waals surface area (Å²) in [5.41, 5.74) is 4.18. The van der Waals surface area contributed by atoms with Gasteiger partial charge in [0.25, 0.3) is 5.91 Å². The van der Waals surface area contributed by atoms with E-state index in [0.29, 0.717) is 5.92 Å². The quantitative estimate of drug-likeness (QED) is 0.704. The molecule has 0 bridgehead atoms. The Morgan fingerprint density at radius 2 is 2.03 bits per heavy atom. The van der Waals surface area contributed by atoms with Crippen LogP contribution in [0, 0.1) is 12.8 Å². The first kappa shape index (κ1) is 21.3. The molecule has 0 aromatic heterocycles. The number of carbonyl (C=O) groups is 1. The summed E-state index contributed by atoms with van der Waals surface area (Å²) >= 11 is 0. The summed E-state index contributed by atoms with van der Waals surface area (Å²) < 4.78 is 5.17. The van der Waals surface area contributed by atoms with E-state index in [1.165, 1.54) is 11.1 Å². The number of benzene rings is 2. The molecule has 1 amide bonds. The zero-order valence-corrected chi connectivity index (χ0v) is 17.9. The molecule has 5 heteroatoms. The van der Waals surface area contributed by atoms with E-state index in [-0.39, 0.29) is 5.91 Å². The van der Waals surface area contributed by atoms with Crippen molar-refractivity contribution in [2.45, 2.75) is 19.9 Å². The molecule has 1 N–H and O–H groups in total. The third-order valence-corrected chi connectivity index (χ3v) is 5.59. The molecule has 2 aromatic rings. The van der Waals surface area contributed by atoms with E-state index in [1.54, 1.807) is 7.11 Å². The molecule has 1 aliphatic rings. The standard InChI is InChI=1S/C24H33N3O2/c1-19-7-9-20(10-8-19)16-25-23-6-4-5-22(15-23)24(28)26(2)17-21-11-12-27(18-21)13-14-29-3/h4-10,15,21,25H,11-14,16-18H2,1-3H3/t21-/m1/s1. The first-order chi connectivity index (χ1) is 14.0. The molecule has 0 aliphatic carbocycles. The van der Waals surface area contributed by atoms with E-state index in [2.05, 4.69) is 41.4 Å². The SMILES string of the molecule is COCCN1CC[C@H](CN(C)C(=O)c2cccc(NCc3ccc(C)cc3)c2)C1. The van der Waals surface area contributed by atoms with E-state index in [9.17, 15) is 4.79 Å². The van der Waals surface area contributed by atoms with Crippen LogP contribution in [0.2, 0.25) is 0 Å². The van der Waals surface area contributed by atoms with Crippen molar-refractivity contribution in [1.29, 1.82) is 0 Å². The van der Waals surface area contributed by atoms with E-state index < -0.39 is 0 Å². The fourth-order valence-corrected chi connectivity index (χ4v) is 3.85. The molecule has 1 atom stereocenters. The van der Waals surface area contributed by atoms with E-state index in [1.807, 2.05) is 36.2 Å². The Hall–Kier alpha value is -2.37. The van der Waals surface area contributed by atoms with Gasteiger partial charge in [-0.25, -0.2) is 0 Å². The molecule has 2 aromatic carbocycles. The summed E-state index contributed by atoms with van der Waals surface area (Å²) in [5, 5.41) is 3.42. The number of hydrogen-bond acceptors (Lipinski definition) is 4. The number of carbonyl (C=O) groups excluding carboxylic acids is 1. The fourth-order valence-electron chi connectivity index (χ4n) is 3.85. The van der Waals surface area contributed by atoms with Crippen LogP contribution in [0.4, 0.5) is 5.69 Å². The zero-order chi connectivity index (χ0) is 20.6. The Balaban J connectivity index is 1.52. The number of nitrogens with one attached hydrogen (secondary N) is 1. The van der Waals surface area contributed by atoms with E-state index in [0.717, 1.165) is 57.0 Å². The van der Waals surface area contributed by atoms with Crippen molar-refractivity contribution >= 4 is 11.6 Å². The molecule has 0 spiro atoms. The third-order valence-electron chi connectivity index (χ3n) is 5.59. The summed E-state index contributed by atoms with van der Waals surface area (Å²) in [6.07, 6.45) is 1.14. The smallest absolute Gasteiger partial charge is 0.253 e. The van der Waals surface area contributed by atoms with Crippen LogP contribution < -0.4 is 5.32 Å². The average molecular weight is 396 g/mol. The molecule has 1 heterocycles. The Morgan fingerprint density at radius 1 is 1.24 bits per heavy atom. The summed E-state index contributed by atoms with van der Waals surface area (Å²) in [6, 6.07) is 16.3. The lowest BCUT2D eigenvalue weighted by molar-refractivity contribution is 0.0772. The first-order valence-electron chi connectivity index (χ1n) is 10.4. The van der Waals surface area contributed by atoms with Gasteiger partial charge in [0, 0.05) is 51.6 Å². The van der Waals surface area contributed by atoms with Gasteiger partial charge in [0.05, 0.1) is 6.61 Å². The van der Waals surface area contributed by atoms with Crippen molar-refractivity contribution in [3.63, 3.8) is 0 Å². The van der Waals surface area contributed by atoms with Crippen molar-refractivity contribution in [2.75, 3.05) is 52.3 Å². The fraction of sp³-hybridized carbons (Fsp3) is 0.458. The van der Waals surface area contributed by atoms with Gasteiger partial charge in [-0.1, -0.05) is 35.9 Å². The van der Waals surface area contributed by atoms with Crippen molar-refractivity contribution < 1.29 is 9.53 Å². The minimum absolute atomic E-state index is 0.0827. The number of methoxy groups -OCH3 is 1. The number of likely N-dealkylation sites (tertiary alicyclic amines) is 1. The number of ether oxygens (including phenoxy) is 1. The highest BCUT2D eigenvalue weighted by atomic mass is 16.5. The Labute approximate surface area is 174 Å². The van der Waals surface area contributed by atoms with Gasteiger partial charge in [-0.15, -0.1) is 0 Å². The molecule has 0 radical (unpaired) electrons. The number of rotatable bonds is 9. The van der Waals surface area contributed by atoms with Gasteiger partial charge in [0.2, 0.25) is 0 Å². The molecule has 3 rings (SSSR count). The minimum Gasteiger partial charge on any atom is -0.383 e. The summed E-state index contributed by atoms with van der Waals surface area (Å²) in [4.78, 5) is 17.2. The van der Waals surface area contributed by atoms with Crippen LogP contribution in [0.3, 0.4) is 0 Å². The molecule has 1 fully saturated rings. The van der Waals surface area contributed by atoms with E-state index in [4.69, 9.17) is 4.74 Å². The van der Waals surface area contributed by atoms with Crippen LogP contribution in [0.1, 0.15) is 27.9 Å². The van der Waals surface area contributed by atoms with Crippen LogP contribution in [0.25, 0.3) is 0 Å². The lowest BCUT2D eigenvalue weighted by Crippen LogP contribution is -2.33. The van der Waals surface area contributed by atoms with Gasteiger partial charge in [-0.05, 0) is 49.6 Å². The maximum Gasteiger partial charge on any atom is 0.253 e. The summed E-state index contributed by atoms with van der Waals surface area (Å²) in [6.45, 7) is 7.50. The molecular weight excluding hydrogens is 362 g/mol. The molecule has 1 aliphatic heterocycles. The Bertz CT molecular complexity index is 791. The topological polar surface area (TPSA) is 44.8 Å². The van der Waals surface area contributed by atoms with Crippen LogP contribution in [0.15, 0.2) is 48.5 Å². The van der Waals surface area contributed by atoms with Gasteiger partial charge in [-0.3, -0.25) is 4.79 Å². The minimum atomic E-state index is 0.0827. The monoisotopic (exact) mass is 395 g/mol. The maximum atomic E-state index is 12.9. The summed E-state index contributed by atoms with van der Waals surface area (Å²) in [7, 11) is 3.65. The van der Waals surface area contributed by atoms with Gasteiger partial charge in [-0.2, -0.15) is 0 Å².